The highest BCUT2D eigenvalue weighted by Gasteiger charge is 2.36. The van der Waals surface area contributed by atoms with E-state index in [9.17, 15) is 5.11 Å². The molecule has 8 heteroatoms. The third-order valence-electron chi connectivity index (χ3n) is 9.11. The van der Waals surface area contributed by atoms with Crippen molar-refractivity contribution in [2.75, 3.05) is 43.4 Å². The molecule has 5 heterocycles. The second-order valence-electron chi connectivity index (χ2n) is 12.9. The van der Waals surface area contributed by atoms with Crippen molar-refractivity contribution < 1.29 is 5.11 Å². The molecular formula is C33H43N7O. The van der Waals surface area contributed by atoms with Gasteiger partial charge in [-0.15, -0.1) is 0 Å². The van der Waals surface area contributed by atoms with Gasteiger partial charge in [-0.1, -0.05) is 19.9 Å². The van der Waals surface area contributed by atoms with Crippen molar-refractivity contribution in [3.05, 3.63) is 66.1 Å². The second kappa shape index (κ2) is 10.7. The zero-order chi connectivity index (χ0) is 28.8. The first-order valence-electron chi connectivity index (χ1n) is 15.0. The van der Waals surface area contributed by atoms with E-state index in [-0.39, 0.29) is 5.92 Å². The van der Waals surface area contributed by atoms with Crippen LogP contribution in [-0.4, -0.2) is 62.8 Å². The van der Waals surface area contributed by atoms with Gasteiger partial charge in [-0.05, 0) is 113 Å². The number of pyridine rings is 1. The second-order valence-corrected chi connectivity index (χ2v) is 12.9. The number of nitrogens with one attached hydrogen (secondary N) is 1. The Morgan fingerprint density at radius 2 is 1.61 bits per heavy atom. The Hall–Kier alpha value is -3.49. The lowest BCUT2D eigenvalue weighted by Gasteiger charge is -2.46. The summed E-state index contributed by atoms with van der Waals surface area (Å²) in [4.78, 5) is 19.4. The molecule has 0 radical (unpaired) electrons. The Labute approximate surface area is 243 Å². The number of hydrogen-bond acceptors (Lipinski definition) is 7. The average molecular weight is 554 g/mol. The predicted octanol–water partition coefficient (Wildman–Crippen LogP) is 6.22. The Bertz CT molecular complexity index is 1500. The molecule has 0 unspecified atom stereocenters. The van der Waals surface area contributed by atoms with Gasteiger partial charge in [-0.2, -0.15) is 4.98 Å². The van der Waals surface area contributed by atoms with Crippen molar-refractivity contribution in [1.82, 2.24) is 24.4 Å². The average Bonchev–Trinajstić information content (AvgIpc) is 3.35. The van der Waals surface area contributed by atoms with E-state index in [0.29, 0.717) is 17.1 Å². The van der Waals surface area contributed by atoms with Crippen LogP contribution in [0.25, 0.3) is 16.9 Å². The Morgan fingerprint density at radius 1 is 0.927 bits per heavy atom. The molecule has 1 spiro atoms. The lowest BCUT2D eigenvalue weighted by molar-refractivity contribution is 0.0738. The maximum atomic E-state index is 10.6. The molecule has 1 aromatic carbocycles. The first-order valence-corrected chi connectivity index (χ1v) is 15.0. The first-order chi connectivity index (χ1) is 19.6. The quantitative estimate of drug-likeness (QED) is 0.293. The SMILES string of the molecule is CC(C)c1cc2cnc(Nc3ccc(N4CCC5(CCN(C)CC5)CC4)cc3)nc2n1-c1cccc(C(C)(C)O)n1. The molecule has 2 saturated heterocycles. The monoisotopic (exact) mass is 553 g/mol. The van der Waals surface area contributed by atoms with Crippen molar-refractivity contribution in [3.8, 4) is 5.82 Å². The summed E-state index contributed by atoms with van der Waals surface area (Å²) in [5.74, 6) is 1.53. The van der Waals surface area contributed by atoms with Gasteiger partial charge in [0.1, 0.15) is 11.4 Å². The Balaban J connectivity index is 1.21. The molecule has 6 rings (SSSR count). The molecule has 0 aliphatic carbocycles. The highest BCUT2D eigenvalue weighted by Crippen LogP contribution is 2.42. The number of hydrogen-bond donors (Lipinski definition) is 2. The Morgan fingerprint density at radius 3 is 2.27 bits per heavy atom. The Kier molecular flexibility index (Phi) is 7.24. The largest absolute Gasteiger partial charge is 0.384 e. The van der Waals surface area contributed by atoms with Crippen LogP contribution in [0.3, 0.4) is 0 Å². The van der Waals surface area contributed by atoms with E-state index in [0.717, 1.165) is 41.3 Å². The first kappa shape index (κ1) is 27.7. The fourth-order valence-electron chi connectivity index (χ4n) is 6.34. The minimum absolute atomic E-state index is 0.255. The number of rotatable bonds is 6. The van der Waals surface area contributed by atoms with Crippen molar-refractivity contribution in [3.63, 3.8) is 0 Å². The molecule has 2 aliphatic heterocycles. The molecule has 216 valence electrons. The van der Waals surface area contributed by atoms with E-state index in [4.69, 9.17) is 9.97 Å². The fourth-order valence-corrected chi connectivity index (χ4v) is 6.34. The van der Waals surface area contributed by atoms with Crippen molar-refractivity contribution in [2.45, 2.75) is 64.9 Å². The lowest BCUT2D eigenvalue weighted by Crippen LogP contribution is -2.46. The van der Waals surface area contributed by atoms with Gasteiger partial charge in [-0.25, -0.2) is 9.97 Å². The molecule has 2 aliphatic rings. The molecule has 41 heavy (non-hydrogen) atoms. The maximum absolute atomic E-state index is 10.6. The van der Waals surface area contributed by atoms with Crippen LogP contribution in [0, 0.1) is 5.41 Å². The normalized spacial score (nSPS) is 18.0. The molecule has 2 fully saturated rings. The van der Waals surface area contributed by atoms with Crippen molar-refractivity contribution >= 4 is 28.4 Å². The van der Waals surface area contributed by atoms with E-state index in [1.54, 1.807) is 13.8 Å². The molecule has 8 nitrogen and oxygen atoms in total. The molecule has 3 aromatic heterocycles. The van der Waals surface area contributed by atoms with Gasteiger partial charge in [0.15, 0.2) is 5.65 Å². The molecule has 0 amide bonds. The summed E-state index contributed by atoms with van der Waals surface area (Å²) < 4.78 is 2.08. The van der Waals surface area contributed by atoms with Crippen LogP contribution in [0.4, 0.5) is 17.3 Å². The summed E-state index contributed by atoms with van der Waals surface area (Å²) in [5.41, 5.74) is 4.27. The predicted molar refractivity (Wildman–Crippen MR) is 166 cm³/mol. The maximum Gasteiger partial charge on any atom is 0.229 e. The van der Waals surface area contributed by atoms with Crippen LogP contribution in [0.1, 0.15) is 70.7 Å². The third-order valence-corrected chi connectivity index (χ3v) is 9.11. The van der Waals surface area contributed by atoms with Crippen LogP contribution in [0.2, 0.25) is 0 Å². The van der Waals surface area contributed by atoms with E-state index in [1.165, 1.54) is 44.5 Å². The molecule has 2 N–H and O–H groups in total. The summed E-state index contributed by atoms with van der Waals surface area (Å²) in [7, 11) is 2.25. The fraction of sp³-hybridized carbons (Fsp3) is 0.485. The van der Waals surface area contributed by atoms with Crippen LogP contribution in [0.5, 0.6) is 0 Å². The molecule has 0 atom stereocenters. The van der Waals surface area contributed by atoms with Crippen molar-refractivity contribution in [1.29, 1.82) is 0 Å². The molecule has 0 bridgehead atoms. The summed E-state index contributed by atoms with van der Waals surface area (Å²) in [6, 6.07) is 16.5. The number of piperidine rings is 2. The highest BCUT2D eigenvalue weighted by atomic mass is 16.3. The van der Waals surface area contributed by atoms with Crippen molar-refractivity contribution in [2.24, 2.45) is 5.41 Å². The highest BCUT2D eigenvalue weighted by molar-refractivity contribution is 5.80. The number of nitrogens with zero attached hydrogens (tertiary/aromatic N) is 6. The number of aromatic nitrogens is 4. The van der Waals surface area contributed by atoms with Gasteiger partial charge < -0.3 is 20.2 Å². The minimum atomic E-state index is -1.03. The van der Waals surface area contributed by atoms with E-state index < -0.39 is 5.60 Å². The minimum Gasteiger partial charge on any atom is -0.384 e. The van der Waals surface area contributed by atoms with Gasteiger partial charge in [0.2, 0.25) is 5.95 Å². The topological polar surface area (TPSA) is 82.3 Å². The zero-order valence-corrected chi connectivity index (χ0v) is 25.1. The van der Waals surface area contributed by atoms with Gasteiger partial charge in [0.05, 0.1) is 5.69 Å². The van der Waals surface area contributed by atoms with Crippen LogP contribution < -0.4 is 10.2 Å². The van der Waals surface area contributed by atoms with Crippen LogP contribution in [-0.2, 0) is 5.60 Å². The number of likely N-dealkylation sites (tertiary alicyclic amines) is 1. The van der Waals surface area contributed by atoms with Crippen LogP contribution in [0.15, 0.2) is 54.7 Å². The molecule has 0 saturated carbocycles. The number of fused-ring (bicyclic) bond motifs is 1. The third kappa shape index (κ3) is 5.68. The van der Waals surface area contributed by atoms with Gasteiger partial charge >= 0.3 is 0 Å². The van der Waals surface area contributed by atoms with Gasteiger partial charge in [-0.3, -0.25) is 4.57 Å². The summed E-state index contributed by atoms with van der Waals surface area (Å²) >= 11 is 0. The lowest BCUT2D eigenvalue weighted by atomic mass is 9.71. The summed E-state index contributed by atoms with van der Waals surface area (Å²) in [5, 5.41) is 14.9. The smallest absolute Gasteiger partial charge is 0.229 e. The van der Waals surface area contributed by atoms with Gasteiger partial charge in [0, 0.05) is 41.7 Å². The van der Waals surface area contributed by atoms with Crippen LogP contribution >= 0.6 is 0 Å². The van der Waals surface area contributed by atoms with E-state index in [2.05, 4.69) is 75.9 Å². The van der Waals surface area contributed by atoms with E-state index >= 15 is 0 Å². The zero-order valence-electron chi connectivity index (χ0n) is 25.1. The number of anilines is 3. The van der Waals surface area contributed by atoms with E-state index in [1.807, 2.05) is 24.4 Å². The van der Waals surface area contributed by atoms with Gasteiger partial charge in [0.25, 0.3) is 0 Å². The summed E-state index contributed by atoms with van der Waals surface area (Å²) in [6.45, 7) is 12.6. The molecular weight excluding hydrogens is 510 g/mol. The number of aliphatic hydroxyl groups is 1. The number of benzene rings is 1. The summed E-state index contributed by atoms with van der Waals surface area (Å²) in [6.07, 6.45) is 7.13. The standard InChI is InChI=1S/C33H43N7O/c1-23(2)27-21-24-22-34-31(37-30(24)40(27)29-8-6-7-28(36-29)32(3,4)41)35-25-9-11-26(12-10-25)39-19-15-33(16-20-39)13-17-38(5)18-14-33/h6-12,21-23,41H,13-20H2,1-5H3,(H,34,35,37). The molecule has 4 aromatic rings.